The molecule has 0 saturated carbocycles. The summed E-state index contributed by atoms with van der Waals surface area (Å²) in [6.07, 6.45) is 2.46. The van der Waals surface area contributed by atoms with Crippen LogP contribution in [-0.4, -0.2) is 6.54 Å². The first-order valence-electron chi connectivity index (χ1n) is 7.13. The molecule has 18 heavy (non-hydrogen) atoms. The second-order valence-electron chi connectivity index (χ2n) is 6.63. The van der Waals surface area contributed by atoms with Gasteiger partial charge in [0.15, 0.2) is 0 Å². The highest BCUT2D eigenvalue weighted by Crippen LogP contribution is 2.28. The van der Waals surface area contributed by atoms with E-state index in [9.17, 15) is 0 Å². The third-order valence-corrected chi connectivity index (χ3v) is 3.28. The number of hydrogen-bond acceptors (Lipinski definition) is 1. The van der Waals surface area contributed by atoms with Gasteiger partial charge in [-0.3, -0.25) is 0 Å². The molecule has 1 aromatic carbocycles. The van der Waals surface area contributed by atoms with Crippen LogP contribution in [0.25, 0.3) is 0 Å². The van der Waals surface area contributed by atoms with Crippen LogP contribution in [0.4, 0.5) is 0 Å². The molecule has 1 N–H and O–H groups in total. The molecule has 0 aliphatic heterocycles. The van der Waals surface area contributed by atoms with Crippen LogP contribution in [0.2, 0.25) is 0 Å². The third-order valence-electron chi connectivity index (χ3n) is 3.28. The highest BCUT2D eigenvalue weighted by atomic mass is 14.9. The minimum Gasteiger partial charge on any atom is -0.310 e. The summed E-state index contributed by atoms with van der Waals surface area (Å²) in [5, 5.41) is 3.63. The minimum atomic E-state index is 0.409. The highest BCUT2D eigenvalue weighted by molar-refractivity contribution is 5.30. The summed E-state index contributed by atoms with van der Waals surface area (Å²) >= 11 is 0. The molecule has 0 aliphatic carbocycles. The normalized spacial score (nSPS) is 13.7. The average Bonchev–Trinajstić information content (AvgIpc) is 2.21. The third kappa shape index (κ3) is 5.22. The number of hydrogen-bond donors (Lipinski definition) is 1. The van der Waals surface area contributed by atoms with Crippen molar-refractivity contribution >= 4 is 0 Å². The lowest BCUT2D eigenvalue weighted by atomic mass is 9.86. The molecule has 0 bridgehead atoms. The number of nitrogens with one attached hydrogen (secondary N) is 1. The van der Waals surface area contributed by atoms with Gasteiger partial charge in [-0.15, -0.1) is 0 Å². The predicted octanol–water partition coefficient (Wildman–Crippen LogP) is 4.78. The van der Waals surface area contributed by atoms with E-state index >= 15 is 0 Å². The van der Waals surface area contributed by atoms with E-state index in [2.05, 4.69) is 65.1 Å². The molecular weight excluding hydrogens is 218 g/mol. The maximum absolute atomic E-state index is 3.63. The first kappa shape index (κ1) is 15.2. The average molecular weight is 247 g/mol. The van der Waals surface area contributed by atoms with Gasteiger partial charge < -0.3 is 5.32 Å². The Morgan fingerprint density at radius 2 is 1.61 bits per heavy atom. The predicted molar refractivity (Wildman–Crippen MR) is 81.0 cm³/mol. The fourth-order valence-electron chi connectivity index (χ4n) is 2.42. The van der Waals surface area contributed by atoms with Crippen LogP contribution in [0.3, 0.4) is 0 Å². The van der Waals surface area contributed by atoms with Gasteiger partial charge in [-0.1, -0.05) is 57.0 Å². The molecule has 1 nitrogen and oxygen atoms in total. The van der Waals surface area contributed by atoms with Gasteiger partial charge >= 0.3 is 0 Å². The smallest absolute Gasteiger partial charge is 0.0320 e. The number of benzene rings is 1. The van der Waals surface area contributed by atoms with Gasteiger partial charge in [0.25, 0.3) is 0 Å². The molecule has 1 unspecified atom stereocenters. The molecule has 0 aromatic heterocycles. The molecule has 102 valence electrons. The highest BCUT2D eigenvalue weighted by Gasteiger charge is 2.16. The van der Waals surface area contributed by atoms with Gasteiger partial charge in [0.2, 0.25) is 0 Å². The zero-order valence-corrected chi connectivity index (χ0v) is 12.9. The standard InChI is InChI=1S/C17H29N/c1-7-18-16(8-9-17(4,5)6)15-11-13(2)10-14(3)12-15/h10-12,16,18H,7-9H2,1-6H3. The number of rotatable bonds is 5. The minimum absolute atomic E-state index is 0.409. The fraction of sp³-hybridized carbons (Fsp3) is 0.647. The van der Waals surface area contributed by atoms with Gasteiger partial charge in [-0.25, -0.2) is 0 Å². The van der Waals surface area contributed by atoms with Crippen molar-refractivity contribution in [2.45, 2.75) is 60.4 Å². The van der Waals surface area contributed by atoms with Crippen molar-refractivity contribution in [3.05, 3.63) is 34.9 Å². The Labute approximate surface area is 113 Å². The summed E-state index contributed by atoms with van der Waals surface area (Å²) in [6.45, 7) is 14.5. The van der Waals surface area contributed by atoms with Crippen molar-refractivity contribution in [2.24, 2.45) is 5.41 Å². The summed E-state index contributed by atoms with van der Waals surface area (Å²) in [5.74, 6) is 0. The van der Waals surface area contributed by atoms with Gasteiger partial charge in [0.05, 0.1) is 0 Å². The van der Waals surface area contributed by atoms with Crippen molar-refractivity contribution in [1.82, 2.24) is 5.32 Å². The van der Waals surface area contributed by atoms with E-state index in [1.165, 1.54) is 29.5 Å². The van der Waals surface area contributed by atoms with Crippen LogP contribution in [0.1, 0.15) is 63.3 Å². The molecule has 0 saturated heterocycles. The Balaban J connectivity index is 2.83. The summed E-state index contributed by atoms with van der Waals surface area (Å²) in [4.78, 5) is 0. The largest absolute Gasteiger partial charge is 0.310 e. The van der Waals surface area contributed by atoms with Crippen LogP contribution < -0.4 is 5.32 Å². The quantitative estimate of drug-likeness (QED) is 0.789. The second kappa shape index (κ2) is 6.38. The number of aryl methyl sites for hydroxylation is 2. The molecule has 1 aromatic rings. The Kier molecular flexibility index (Phi) is 5.40. The Bertz CT molecular complexity index is 353. The van der Waals surface area contributed by atoms with E-state index in [0.717, 1.165) is 6.54 Å². The van der Waals surface area contributed by atoms with Crippen molar-refractivity contribution in [3.63, 3.8) is 0 Å². The van der Waals surface area contributed by atoms with Crippen LogP contribution in [0.5, 0.6) is 0 Å². The van der Waals surface area contributed by atoms with Crippen molar-refractivity contribution in [3.8, 4) is 0 Å². The first-order valence-corrected chi connectivity index (χ1v) is 7.13. The van der Waals surface area contributed by atoms with Gasteiger partial charge in [0.1, 0.15) is 0 Å². The summed E-state index contributed by atoms with van der Waals surface area (Å²) < 4.78 is 0. The van der Waals surface area contributed by atoms with E-state index in [0.29, 0.717) is 11.5 Å². The molecule has 0 radical (unpaired) electrons. The zero-order valence-electron chi connectivity index (χ0n) is 12.9. The topological polar surface area (TPSA) is 12.0 Å². The summed E-state index contributed by atoms with van der Waals surface area (Å²) in [7, 11) is 0. The van der Waals surface area contributed by atoms with E-state index in [1.54, 1.807) is 0 Å². The van der Waals surface area contributed by atoms with Crippen molar-refractivity contribution in [1.29, 1.82) is 0 Å². The van der Waals surface area contributed by atoms with Crippen molar-refractivity contribution < 1.29 is 0 Å². The SMILES string of the molecule is CCNC(CCC(C)(C)C)c1cc(C)cc(C)c1. The lowest BCUT2D eigenvalue weighted by Gasteiger charge is -2.24. The van der Waals surface area contributed by atoms with Gasteiger partial charge in [-0.2, -0.15) is 0 Å². The van der Waals surface area contributed by atoms with Crippen LogP contribution >= 0.6 is 0 Å². The van der Waals surface area contributed by atoms with Crippen LogP contribution in [0, 0.1) is 19.3 Å². The Morgan fingerprint density at radius 1 is 1.06 bits per heavy atom. The molecule has 1 heteroatoms. The van der Waals surface area contributed by atoms with Crippen LogP contribution in [0.15, 0.2) is 18.2 Å². The molecule has 0 aliphatic rings. The van der Waals surface area contributed by atoms with Gasteiger partial charge in [-0.05, 0) is 44.2 Å². The Hall–Kier alpha value is -0.820. The molecular formula is C17H29N. The van der Waals surface area contributed by atoms with E-state index in [4.69, 9.17) is 0 Å². The molecule has 1 atom stereocenters. The maximum atomic E-state index is 3.63. The second-order valence-corrected chi connectivity index (χ2v) is 6.63. The molecule has 0 heterocycles. The summed E-state index contributed by atoms with van der Waals surface area (Å²) in [5.41, 5.74) is 4.58. The Morgan fingerprint density at radius 3 is 2.06 bits per heavy atom. The lowest BCUT2D eigenvalue weighted by Crippen LogP contribution is -2.22. The lowest BCUT2D eigenvalue weighted by molar-refractivity contribution is 0.334. The monoisotopic (exact) mass is 247 g/mol. The molecule has 1 rings (SSSR count). The first-order chi connectivity index (χ1) is 8.31. The fourth-order valence-corrected chi connectivity index (χ4v) is 2.42. The molecule has 0 amide bonds. The maximum Gasteiger partial charge on any atom is 0.0320 e. The van der Waals surface area contributed by atoms with E-state index in [-0.39, 0.29) is 0 Å². The summed E-state index contributed by atoms with van der Waals surface area (Å²) in [6, 6.07) is 7.38. The molecule has 0 fully saturated rings. The van der Waals surface area contributed by atoms with Crippen molar-refractivity contribution in [2.75, 3.05) is 6.54 Å². The molecule has 0 spiro atoms. The van der Waals surface area contributed by atoms with E-state index in [1.807, 2.05) is 0 Å². The van der Waals surface area contributed by atoms with Crippen LogP contribution in [-0.2, 0) is 0 Å². The van der Waals surface area contributed by atoms with Gasteiger partial charge in [0, 0.05) is 6.04 Å². The van der Waals surface area contributed by atoms with E-state index < -0.39 is 0 Å². The zero-order chi connectivity index (χ0) is 13.8.